The Balaban J connectivity index is 1.38. The third-order valence-corrected chi connectivity index (χ3v) is 6.82. The van der Waals surface area contributed by atoms with Crippen LogP contribution in [0.2, 0.25) is 0 Å². The molecule has 1 aromatic heterocycles. The van der Waals surface area contributed by atoms with Gasteiger partial charge < -0.3 is 14.4 Å². The number of fused-ring (bicyclic) bond motifs is 1. The molecule has 3 aromatic carbocycles. The van der Waals surface area contributed by atoms with E-state index in [0.717, 1.165) is 57.8 Å². The lowest BCUT2D eigenvalue weighted by Gasteiger charge is -2.27. The number of rotatable bonds is 4. The number of carbonyl (C=O) groups is 1. The summed E-state index contributed by atoms with van der Waals surface area (Å²) in [5, 5.41) is 4.18. The van der Waals surface area contributed by atoms with Gasteiger partial charge in [-0.2, -0.15) is 0 Å². The van der Waals surface area contributed by atoms with E-state index in [2.05, 4.69) is 34.7 Å². The minimum absolute atomic E-state index is 0.116. The van der Waals surface area contributed by atoms with Gasteiger partial charge in [-0.05, 0) is 79.4 Å². The molecule has 0 unspecified atom stereocenters. The molecule has 6 heteroatoms. The van der Waals surface area contributed by atoms with Crippen LogP contribution in [0.5, 0.6) is 0 Å². The second-order valence-corrected chi connectivity index (χ2v) is 9.06. The number of hydrogen-bond acceptors (Lipinski definition) is 5. The first-order chi connectivity index (χ1) is 16.1. The number of anilines is 2. The molecular weight excluding hydrogens is 430 g/mol. The molecule has 1 fully saturated rings. The molecule has 2 heterocycles. The summed E-state index contributed by atoms with van der Waals surface area (Å²) in [4.78, 5) is 17.9. The van der Waals surface area contributed by atoms with Gasteiger partial charge in [-0.15, -0.1) is 0 Å². The maximum absolute atomic E-state index is 13.1. The molecule has 1 N–H and O–H groups in total. The first-order valence-corrected chi connectivity index (χ1v) is 11.9. The highest BCUT2D eigenvalue weighted by Gasteiger charge is 2.16. The maximum Gasteiger partial charge on any atom is 0.255 e. The number of pyridine rings is 1. The molecule has 1 aliphatic rings. The Hall–Kier alpha value is -3.35. The van der Waals surface area contributed by atoms with Gasteiger partial charge in [0.25, 0.3) is 5.91 Å². The Labute approximate surface area is 197 Å². The van der Waals surface area contributed by atoms with Crippen LogP contribution in [0, 0.1) is 13.8 Å². The number of amides is 1. The van der Waals surface area contributed by atoms with Gasteiger partial charge in [0.15, 0.2) is 0 Å². The number of ether oxygens (including phenoxy) is 1. The van der Waals surface area contributed by atoms with E-state index < -0.39 is 0 Å². The normalized spacial score (nSPS) is 13.8. The average molecular weight is 456 g/mol. The van der Waals surface area contributed by atoms with Crippen molar-refractivity contribution in [2.24, 2.45) is 0 Å². The zero-order valence-electron chi connectivity index (χ0n) is 18.7. The molecule has 33 heavy (non-hydrogen) atoms. The van der Waals surface area contributed by atoms with Crippen LogP contribution >= 0.6 is 11.9 Å². The van der Waals surface area contributed by atoms with Crippen LogP contribution in [-0.4, -0.2) is 30.0 Å². The second kappa shape index (κ2) is 9.25. The monoisotopic (exact) mass is 455 g/mol. The van der Waals surface area contributed by atoms with E-state index in [9.17, 15) is 4.79 Å². The molecule has 166 valence electrons. The molecule has 1 aliphatic heterocycles. The van der Waals surface area contributed by atoms with E-state index in [-0.39, 0.29) is 5.91 Å². The Bertz CT molecular complexity index is 1330. The minimum atomic E-state index is -0.116. The lowest BCUT2D eigenvalue weighted by molar-refractivity contribution is 0.102. The molecule has 0 bridgehead atoms. The molecule has 1 saturated heterocycles. The van der Waals surface area contributed by atoms with Crippen molar-refractivity contribution < 1.29 is 9.53 Å². The maximum atomic E-state index is 13.1. The average Bonchev–Trinajstić information content (AvgIpc) is 2.85. The van der Waals surface area contributed by atoms with E-state index in [4.69, 9.17) is 9.72 Å². The smallest absolute Gasteiger partial charge is 0.255 e. The number of aromatic nitrogens is 1. The summed E-state index contributed by atoms with van der Waals surface area (Å²) in [6.07, 6.45) is 0. The lowest BCUT2D eigenvalue weighted by Crippen LogP contribution is -2.26. The predicted molar refractivity (Wildman–Crippen MR) is 137 cm³/mol. The standard InChI is InChI=1S/C27H25N3O2S/c1-18-7-9-21(16-24(18)26-12-8-20-5-3-4-6-25(20)29-26)28-27(31)23-11-10-22(15-19(23)2)30-13-14-32-17-33-30/h3-12,15-16H,13-14,17H2,1-2H3,(H,28,31). The van der Waals surface area contributed by atoms with Gasteiger partial charge in [0.05, 0.1) is 24.4 Å². The van der Waals surface area contributed by atoms with Gasteiger partial charge in [-0.1, -0.05) is 30.3 Å². The molecule has 0 saturated carbocycles. The number of aryl methyl sites for hydroxylation is 2. The first kappa shape index (κ1) is 21.5. The Kier molecular flexibility index (Phi) is 6.03. The zero-order chi connectivity index (χ0) is 22.8. The fourth-order valence-corrected chi connectivity index (χ4v) is 4.81. The van der Waals surface area contributed by atoms with E-state index in [1.807, 2.05) is 61.5 Å². The molecule has 0 spiro atoms. The van der Waals surface area contributed by atoms with Crippen LogP contribution in [0.15, 0.2) is 72.8 Å². The quantitative estimate of drug-likeness (QED) is 0.371. The largest absolute Gasteiger partial charge is 0.367 e. The summed E-state index contributed by atoms with van der Waals surface area (Å²) in [7, 11) is 0. The molecule has 0 atom stereocenters. The van der Waals surface area contributed by atoms with Crippen LogP contribution in [0.3, 0.4) is 0 Å². The highest BCUT2D eigenvalue weighted by molar-refractivity contribution is 8.00. The second-order valence-electron chi connectivity index (χ2n) is 8.13. The third kappa shape index (κ3) is 4.58. The van der Waals surface area contributed by atoms with Crippen molar-refractivity contribution in [2.75, 3.05) is 28.7 Å². The van der Waals surface area contributed by atoms with Crippen LogP contribution < -0.4 is 9.62 Å². The first-order valence-electron chi connectivity index (χ1n) is 11.0. The van der Waals surface area contributed by atoms with E-state index in [1.165, 1.54) is 0 Å². The molecular formula is C27H25N3O2S. The Morgan fingerprint density at radius 1 is 1.00 bits per heavy atom. The summed E-state index contributed by atoms with van der Waals surface area (Å²) in [6, 6.07) is 24.1. The Morgan fingerprint density at radius 2 is 1.88 bits per heavy atom. The topological polar surface area (TPSA) is 54.5 Å². The number of nitrogens with zero attached hydrogens (tertiary/aromatic N) is 2. The fourth-order valence-electron chi connectivity index (χ4n) is 4.02. The van der Waals surface area contributed by atoms with E-state index in [1.54, 1.807) is 11.9 Å². The van der Waals surface area contributed by atoms with Crippen molar-refractivity contribution in [1.29, 1.82) is 0 Å². The number of carbonyl (C=O) groups excluding carboxylic acids is 1. The Morgan fingerprint density at radius 3 is 2.70 bits per heavy atom. The summed E-state index contributed by atoms with van der Waals surface area (Å²) in [6.45, 7) is 5.59. The number of benzene rings is 3. The van der Waals surface area contributed by atoms with Crippen molar-refractivity contribution in [1.82, 2.24) is 4.98 Å². The van der Waals surface area contributed by atoms with Gasteiger partial charge in [0.2, 0.25) is 0 Å². The van der Waals surface area contributed by atoms with Crippen LogP contribution in [0.25, 0.3) is 22.2 Å². The lowest BCUT2D eigenvalue weighted by atomic mass is 10.0. The minimum Gasteiger partial charge on any atom is -0.367 e. The molecule has 0 radical (unpaired) electrons. The van der Waals surface area contributed by atoms with Gasteiger partial charge in [0, 0.05) is 27.9 Å². The summed E-state index contributed by atoms with van der Waals surface area (Å²) in [5.41, 5.74) is 7.43. The molecule has 1 amide bonds. The summed E-state index contributed by atoms with van der Waals surface area (Å²) >= 11 is 1.65. The SMILES string of the molecule is Cc1cc(N2CCOCS2)ccc1C(=O)Nc1ccc(C)c(-c2ccc3ccccc3n2)c1. The van der Waals surface area contributed by atoms with Crippen molar-refractivity contribution >= 4 is 40.1 Å². The highest BCUT2D eigenvalue weighted by Crippen LogP contribution is 2.29. The predicted octanol–water partition coefficient (Wildman–Crippen LogP) is 6.21. The number of para-hydroxylation sites is 1. The summed E-state index contributed by atoms with van der Waals surface area (Å²) < 4.78 is 7.61. The van der Waals surface area contributed by atoms with E-state index >= 15 is 0 Å². The van der Waals surface area contributed by atoms with Crippen molar-refractivity contribution in [3.63, 3.8) is 0 Å². The van der Waals surface area contributed by atoms with Crippen LogP contribution in [-0.2, 0) is 4.74 Å². The third-order valence-electron chi connectivity index (χ3n) is 5.84. The molecule has 5 rings (SSSR count). The van der Waals surface area contributed by atoms with Gasteiger partial charge in [0.1, 0.15) is 5.94 Å². The van der Waals surface area contributed by atoms with Crippen molar-refractivity contribution in [2.45, 2.75) is 13.8 Å². The molecule has 4 aromatic rings. The number of nitrogens with one attached hydrogen (secondary N) is 1. The van der Waals surface area contributed by atoms with Gasteiger partial charge in [-0.25, -0.2) is 4.98 Å². The summed E-state index contributed by atoms with van der Waals surface area (Å²) in [5.74, 6) is 0.540. The van der Waals surface area contributed by atoms with E-state index in [0.29, 0.717) is 11.5 Å². The molecule has 0 aliphatic carbocycles. The van der Waals surface area contributed by atoms with Crippen LogP contribution in [0.1, 0.15) is 21.5 Å². The van der Waals surface area contributed by atoms with Crippen LogP contribution in [0.4, 0.5) is 11.4 Å². The zero-order valence-corrected chi connectivity index (χ0v) is 19.5. The van der Waals surface area contributed by atoms with Gasteiger partial charge >= 0.3 is 0 Å². The van der Waals surface area contributed by atoms with Crippen molar-refractivity contribution in [3.05, 3.63) is 89.5 Å². The van der Waals surface area contributed by atoms with Gasteiger partial charge in [-0.3, -0.25) is 4.79 Å². The number of hydrogen-bond donors (Lipinski definition) is 1. The van der Waals surface area contributed by atoms with Crippen molar-refractivity contribution in [3.8, 4) is 11.3 Å². The fraction of sp³-hybridized carbons (Fsp3) is 0.185. The molecule has 5 nitrogen and oxygen atoms in total. The highest BCUT2D eigenvalue weighted by atomic mass is 32.2.